The van der Waals surface area contributed by atoms with Gasteiger partial charge in [0.15, 0.2) is 16.7 Å². The summed E-state index contributed by atoms with van der Waals surface area (Å²) in [5.74, 6) is 0.257. The molecule has 0 aliphatic carbocycles. The molecule has 0 atom stereocenters. The molecule has 0 spiro atoms. The smallest absolute Gasteiger partial charge is 0.264 e. The molecule has 5 nitrogen and oxygen atoms in total. The maximum atomic E-state index is 12.2. The Morgan fingerprint density at radius 2 is 2.12 bits per heavy atom. The third-order valence-electron chi connectivity index (χ3n) is 3.31. The average molecular weight is 419 g/mol. The van der Waals surface area contributed by atoms with Crippen LogP contribution in [0.4, 0.5) is 5.69 Å². The van der Waals surface area contributed by atoms with E-state index in [0.717, 1.165) is 15.7 Å². The summed E-state index contributed by atoms with van der Waals surface area (Å²) in [5.41, 5.74) is 1.51. The summed E-state index contributed by atoms with van der Waals surface area (Å²) >= 11 is 4.70. The SMILES string of the molecule is CCOc1cc(/C=C2/SC(=Nc3ccccc3Br)NC2=O)ccc1O. The fourth-order valence-electron chi connectivity index (χ4n) is 2.18. The van der Waals surface area contributed by atoms with E-state index in [-0.39, 0.29) is 11.7 Å². The lowest BCUT2D eigenvalue weighted by Crippen LogP contribution is -2.19. The lowest BCUT2D eigenvalue weighted by Gasteiger charge is -2.06. The second kappa shape index (κ2) is 7.76. The molecule has 2 N–H and O–H groups in total. The van der Waals surface area contributed by atoms with Crippen molar-refractivity contribution in [1.82, 2.24) is 5.32 Å². The molecule has 1 aliphatic rings. The van der Waals surface area contributed by atoms with Crippen molar-refractivity contribution in [3.05, 3.63) is 57.4 Å². The molecule has 2 aromatic carbocycles. The first-order valence-corrected chi connectivity index (χ1v) is 9.17. The summed E-state index contributed by atoms with van der Waals surface area (Å²) in [4.78, 5) is 17.2. The molecule has 0 saturated carbocycles. The number of phenolic OH excluding ortho intramolecular Hbond substituents is 1. The Morgan fingerprint density at radius 1 is 1.32 bits per heavy atom. The van der Waals surface area contributed by atoms with E-state index in [1.807, 2.05) is 31.2 Å². The molecule has 1 amide bonds. The van der Waals surface area contributed by atoms with Crippen LogP contribution in [0.25, 0.3) is 6.08 Å². The van der Waals surface area contributed by atoms with E-state index in [1.165, 1.54) is 11.8 Å². The van der Waals surface area contributed by atoms with Crippen LogP contribution < -0.4 is 10.1 Å². The van der Waals surface area contributed by atoms with Crippen molar-refractivity contribution in [2.45, 2.75) is 6.92 Å². The number of halogens is 1. The summed E-state index contributed by atoms with van der Waals surface area (Å²) in [6.07, 6.45) is 1.74. The van der Waals surface area contributed by atoms with Crippen molar-refractivity contribution >= 4 is 50.5 Å². The Balaban J connectivity index is 1.84. The standard InChI is InChI=1S/C18H15BrN2O3S/c1-2-24-15-9-11(7-8-14(15)22)10-16-17(23)21-18(25-16)20-13-6-4-3-5-12(13)19/h3-10,22H,2H2,1H3,(H,20,21,23)/b16-10+. The minimum Gasteiger partial charge on any atom is -0.504 e. The summed E-state index contributed by atoms with van der Waals surface area (Å²) in [6.45, 7) is 2.29. The van der Waals surface area contributed by atoms with E-state index in [9.17, 15) is 9.90 Å². The van der Waals surface area contributed by atoms with E-state index >= 15 is 0 Å². The highest BCUT2D eigenvalue weighted by Crippen LogP contribution is 2.32. The van der Waals surface area contributed by atoms with Crippen LogP contribution in [-0.4, -0.2) is 22.8 Å². The van der Waals surface area contributed by atoms with Crippen molar-refractivity contribution in [2.24, 2.45) is 4.99 Å². The van der Waals surface area contributed by atoms with E-state index in [2.05, 4.69) is 26.2 Å². The summed E-state index contributed by atoms with van der Waals surface area (Å²) in [7, 11) is 0. The quantitative estimate of drug-likeness (QED) is 0.719. The van der Waals surface area contributed by atoms with Crippen LogP contribution >= 0.6 is 27.7 Å². The number of aromatic hydroxyl groups is 1. The molecule has 1 fully saturated rings. The number of amides is 1. The Kier molecular flexibility index (Phi) is 5.45. The minimum absolute atomic E-state index is 0.0729. The normalized spacial score (nSPS) is 17.1. The number of para-hydroxylation sites is 1. The minimum atomic E-state index is -0.207. The van der Waals surface area contributed by atoms with Gasteiger partial charge < -0.3 is 15.2 Å². The monoisotopic (exact) mass is 418 g/mol. The van der Waals surface area contributed by atoms with Crippen LogP contribution in [0.2, 0.25) is 0 Å². The zero-order valence-corrected chi connectivity index (χ0v) is 15.7. The van der Waals surface area contributed by atoms with Gasteiger partial charge in [-0.05, 0) is 70.5 Å². The number of carbonyl (C=O) groups excluding carboxylic acids is 1. The van der Waals surface area contributed by atoms with Gasteiger partial charge in [0.2, 0.25) is 0 Å². The number of ether oxygens (including phenoxy) is 1. The van der Waals surface area contributed by atoms with Gasteiger partial charge >= 0.3 is 0 Å². The number of hydrogen-bond donors (Lipinski definition) is 2. The van der Waals surface area contributed by atoms with Crippen LogP contribution in [0.15, 0.2) is 56.8 Å². The van der Waals surface area contributed by atoms with Crippen LogP contribution in [0.3, 0.4) is 0 Å². The number of thioether (sulfide) groups is 1. The van der Waals surface area contributed by atoms with Gasteiger partial charge in [0.25, 0.3) is 5.91 Å². The molecule has 1 heterocycles. The largest absolute Gasteiger partial charge is 0.504 e. The third kappa shape index (κ3) is 4.24. The van der Waals surface area contributed by atoms with Crippen LogP contribution in [0.1, 0.15) is 12.5 Å². The molecule has 0 aromatic heterocycles. The molecule has 128 valence electrons. The molecule has 1 saturated heterocycles. The van der Waals surface area contributed by atoms with Crippen molar-refractivity contribution in [2.75, 3.05) is 6.61 Å². The summed E-state index contributed by atoms with van der Waals surface area (Å²) < 4.78 is 6.22. The lowest BCUT2D eigenvalue weighted by atomic mass is 10.2. The van der Waals surface area contributed by atoms with Gasteiger partial charge in [0.1, 0.15) is 0 Å². The molecule has 25 heavy (non-hydrogen) atoms. The van der Waals surface area contributed by atoms with E-state index in [1.54, 1.807) is 24.3 Å². The predicted octanol–water partition coefficient (Wildman–Crippen LogP) is 4.45. The van der Waals surface area contributed by atoms with Crippen LogP contribution in [-0.2, 0) is 4.79 Å². The molecule has 7 heteroatoms. The zero-order valence-electron chi connectivity index (χ0n) is 13.3. The van der Waals surface area contributed by atoms with E-state index in [0.29, 0.717) is 22.4 Å². The second-order valence-corrected chi connectivity index (χ2v) is 6.98. The van der Waals surface area contributed by atoms with Crippen molar-refractivity contribution in [3.8, 4) is 11.5 Å². The average Bonchev–Trinajstić information content (AvgIpc) is 2.92. The molecular weight excluding hydrogens is 404 g/mol. The topological polar surface area (TPSA) is 70.9 Å². The Morgan fingerprint density at radius 3 is 2.88 bits per heavy atom. The van der Waals surface area contributed by atoms with Crippen molar-refractivity contribution < 1.29 is 14.6 Å². The highest BCUT2D eigenvalue weighted by Gasteiger charge is 2.24. The number of nitrogens with one attached hydrogen (secondary N) is 1. The van der Waals surface area contributed by atoms with E-state index < -0.39 is 0 Å². The fourth-order valence-corrected chi connectivity index (χ4v) is 3.38. The van der Waals surface area contributed by atoms with Crippen LogP contribution in [0, 0.1) is 0 Å². The Labute approximate surface area is 157 Å². The maximum Gasteiger partial charge on any atom is 0.264 e. The first kappa shape index (κ1) is 17.6. The second-order valence-electron chi connectivity index (χ2n) is 5.09. The highest BCUT2D eigenvalue weighted by atomic mass is 79.9. The Hall–Kier alpha value is -2.25. The van der Waals surface area contributed by atoms with Gasteiger partial charge in [-0.25, -0.2) is 4.99 Å². The Bertz CT molecular complexity index is 880. The lowest BCUT2D eigenvalue weighted by molar-refractivity contribution is -0.115. The van der Waals surface area contributed by atoms with Crippen molar-refractivity contribution in [1.29, 1.82) is 0 Å². The molecule has 3 rings (SSSR count). The number of amidine groups is 1. The number of rotatable bonds is 4. The van der Waals surface area contributed by atoms with Gasteiger partial charge in [0, 0.05) is 4.47 Å². The molecule has 1 aliphatic heterocycles. The van der Waals surface area contributed by atoms with E-state index in [4.69, 9.17) is 4.74 Å². The molecule has 0 unspecified atom stereocenters. The van der Waals surface area contributed by atoms with Crippen LogP contribution in [0.5, 0.6) is 11.5 Å². The maximum absolute atomic E-state index is 12.2. The third-order valence-corrected chi connectivity index (χ3v) is 4.89. The van der Waals surface area contributed by atoms with Gasteiger partial charge in [-0.15, -0.1) is 0 Å². The van der Waals surface area contributed by atoms with Gasteiger partial charge in [-0.1, -0.05) is 18.2 Å². The van der Waals surface area contributed by atoms with Gasteiger partial charge in [0.05, 0.1) is 17.2 Å². The molecular formula is C18H15BrN2O3S. The number of hydrogen-bond acceptors (Lipinski definition) is 5. The number of nitrogens with zero attached hydrogens (tertiary/aromatic N) is 1. The highest BCUT2D eigenvalue weighted by molar-refractivity contribution is 9.10. The zero-order chi connectivity index (χ0) is 17.8. The number of phenols is 1. The first-order chi connectivity index (χ1) is 12.1. The van der Waals surface area contributed by atoms with Gasteiger partial charge in [-0.2, -0.15) is 0 Å². The fraction of sp³-hybridized carbons (Fsp3) is 0.111. The molecule has 0 bridgehead atoms. The number of aliphatic imine (C=N–C) groups is 1. The van der Waals surface area contributed by atoms with Gasteiger partial charge in [-0.3, -0.25) is 4.79 Å². The summed E-state index contributed by atoms with van der Waals surface area (Å²) in [5, 5.41) is 13.0. The molecule has 2 aromatic rings. The first-order valence-electron chi connectivity index (χ1n) is 7.56. The molecule has 0 radical (unpaired) electrons. The predicted molar refractivity (Wildman–Crippen MR) is 104 cm³/mol. The number of carbonyl (C=O) groups is 1. The van der Waals surface area contributed by atoms with Crippen molar-refractivity contribution in [3.63, 3.8) is 0 Å². The summed E-state index contributed by atoms with van der Waals surface area (Å²) in [6, 6.07) is 12.5. The number of benzene rings is 2.